The third kappa shape index (κ3) is 4.32. The van der Waals surface area contributed by atoms with Gasteiger partial charge in [-0.15, -0.1) is 11.3 Å². The monoisotopic (exact) mass is 668 g/mol. The summed E-state index contributed by atoms with van der Waals surface area (Å²) in [6.45, 7) is 0. The number of thiophene rings is 1. The van der Waals surface area contributed by atoms with Crippen molar-refractivity contribution in [1.29, 1.82) is 0 Å². The quantitative estimate of drug-likeness (QED) is 0.187. The van der Waals surface area contributed by atoms with E-state index in [-0.39, 0.29) is 0 Å². The molecule has 0 radical (unpaired) electrons. The van der Waals surface area contributed by atoms with E-state index in [1.54, 1.807) is 11.3 Å². The van der Waals surface area contributed by atoms with E-state index in [2.05, 4.69) is 173 Å². The van der Waals surface area contributed by atoms with Crippen LogP contribution >= 0.6 is 11.3 Å². The number of nitrogens with zero attached hydrogens (tertiary/aromatic N) is 4. The Kier molecular flexibility index (Phi) is 6.09. The Morgan fingerprint density at radius 2 is 1.00 bits per heavy atom. The van der Waals surface area contributed by atoms with Gasteiger partial charge in [0.2, 0.25) is 0 Å². The van der Waals surface area contributed by atoms with Gasteiger partial charge in [-0.3, -0.25) is 4.98 Å². The summed E-state index contributed by atoms with van der Waals surface area (Å²) >= 11 is 1.75. The number of fused-ring (bicyclic) bond motifs is 9. The molecular formula is C46H28N4S. The van der Waals surface area contributed by atoms with Crippen molar-refractivity contribution in [1.82, 2.24) is 19.1 Å². The molecule has 11 rings (SSSR count). The summed E-state index contributed by atoms with van der Waals surface area (Å²) in [7, 11) is 0. The Bertz CT molecular complexity index is 3130. The lowest BCUT2D eigenvalue weighted by atomic mass is 10.0. The highest BCUT2D eigenvalue weighted by Gasteiger charge is 2.17. The fraction of sp³-hybridized carbons (Fsp3) is 0. The number of aromatic nitrogens is 4. The topological polar surface area (TPSA) is 35.6 Å². The first-order valence-electron chi connectivity index (χ1n) is 17.2. The van der Waals surface area contributed by atoms with E-state index < -0.39 is 0 Å². The fourth-order valence-electron chi connectivity index (χ4n) is 7.83. The van der Waals surface area contributed by atoms with Crippen LogP contribution in [-0.2, 0) is 0 Å². The fourth-order valence-corrected chi connectivity index (χ4v) is 8.87. The minimum atomic E-state index is 0.945. The van der Waals surface area contributed by atoms with Crippen LogP contribution in [0.4, 0.5) is 0 Å². The van der Waals surface area contributed by atoms with Crippen LogP contribution in [-0.4, -0.2) is 19.1 Å². The minimum absolute atomic E-state index is 0.945. The van der Waals surface area contributed by atoms with Crippen LogP contribution in [0.5, 0.6) is 0 Å². The van der Waals surface area contributed by atoms with Gasteiger partial charge < -0.3 is 9.13 Å². The summed E-state index contributed by atoms with van der Waals surface area (Å²) < 4.78 is 6.98. The summed E-state index contributed by atoms with van der Waals surface area (Å²) in [5.74, 6) is 0. The van der Waals surface area contributed by atoms with Gasteiger partial charge in [-0.25, -0.2) is 4.98 Å². The van der Waals surface area contributed by atoms with Crippen molar-refractivity contribution < 1.29 is 0 Å². The standard InChI is InChI=1S/C46H28N4S/c1-3-11-32(12-4-1)49-40-18-10-8-16-35(40)37-25-29(20-23-41(37)49)31-27-44-45(47-28-31)46-43(51-44)24-22-38(48-46)30-19-21-36-34-15-7-9-17-39(34)50(42(36)26-30)33-13-5-2-6-14-33/h1-28H. The van der Waals surface area contributed by atoms with E-state index in [0.717, 1.165) is 54.2 Å². The first-order valence-corrected chi connectivity index (χ1v) is 18.0. The number of hydrogen-bond acceptors (Lipinski definition) is 3. The Labute approximate surface area is 297 Å². The maximum Gasteiger partial charge on any atom is 0.108 e. The molecule has 0 saturated carbocycles. The predicted octanol–water partition coefficient (Wildman–Crippen LogP) is 12.4. The average molecular weight is 669 g/mol. The first kappa shape index (κ1) is 28.3. The maximum atomic E-state index is 5.24. The normalized spacial score (nSPS) is 11.9. The molecule has 0 aliphatic rings. The van der Waals surface area contributed by atoms with Crippen molar-refractivity contribution in [2.75, 3.05) is 0 Å². The molecular weight excluding hydrogens is 641 g/mol. The lowest BCUT2D eigenvalue weighted by Gasteiger charge is -2.08. The van der Waals surface area contributed by atoms with Crippen molar-refractivity contribution in [2.45, 2.75) is 0 Å². The van der Waals surface area contributed by atoms with Crippen molar-refractivity contribution in [3.05, 3.63) is 170 Å². The zero-order valence-corrected chi connectivity index (χ0v) is 28.2. The molecule has 5 heteroatoms. The molecule has 6 aromatic carbocycles. The summed E-state index contributed by atoms with van der Waals surface area (Å²) in [6.07, 6.45) is 2.00. The predicted molar refractivity (Wildman–Crippen MR) is 214 cm³/mol. The Hall–Kier alpha value is -6.56. The van der Waals surface area contributed by atoms with E-state index in [1.165, 1.54) is 43.6 Å². The molecule has 0 atom stereocenters. The molecule has 238 valence electrons. The highest BCUT2D eigenvalue weighted by molar-refractivity contribution is 7.25. The van der Waals surface area contributed by atoms with Crippen LogP contribution in [0.2, 0.25) is 0 Å². The third-order valence-electron chi connectivity index (χ3n) is 10.2. The number of rotatable bonds is 4. The highest BCUT2D eigenvalue weighted by atomic mass is 32.1. The summed E-state index contributed by atoms with van der Waals surface area (Å²) in [4.78, 5) is 10.3. The zero-order chi connectivity index (χ0) is 33.5. The van der Waals surface area contributed by atoms with Crippen molar-refractivity contribution in [2.24, 2.45) is 0 Å². The second kappa shape index (κ2) is 11.0. The second-order valence-electron chi connectivity index (χ2n) is 13.1. The van der Waals surface area contributed by atoms with Gasteiger partial charge in [0.05, 0.1) is 37.2 Å². The summed E-state index contributed by atoms with van der Waals surface area (Å²) in [6, 6.07) is 58.6. The van der Waals surface area contributed by atoms with Gasteiger partial charge in [-0.1, -0.05) is 91.0 Å². The van der Waals surface area contributed by atoms with Crippen LogP contribution in [0.15, 0.2) is 170 Å². The molecule has 0 N–H and O–H groups in total. The molecule has 0 spiro atoms. The van der Waals surface area contributed by atoms with E-state index in [4.69, 9.17) is 9.97 Å². The Morgan fingerprint density at radius 3 is 1.75 bits per heavy atom. The van der Waals surface area contributed by atoms with E-state index >= 15 is 0 Å². The molecule has 11 aromatic rings. The second-order valence-corrected chi connectivity index (χ2v) is 14.1. The van der Waals surface area contributed by atoms with Gasteiger partial charge in [-0.05, 0) is 78.4 Å². The van der Waals surface area contributed by atoms with Crippen LogP contribution in [0.3, 0.4) is 0 Å². The molecule has 0 unspecified atom stereocenters. The first-order chi connectivity index (χ1) is 25.3. The molecule has 0 bridgehead atoms. The van der Waals surface area contributed by atoms with Crippen LogP contribution < -0.4 is 0 Å². The van der Waals surface area contributed by atoms with Crippen molar-refractivity contribution in [3.63, 3.8) is 0 Å². The SMILES string of the molecule is c1ccc(-n2c3ccccc3c3cc(-c4cnc5c(c4)sc4ccc(-c6ccc7c8ccccc8n(-c8ccccc8)c7c6)nc45)ccc32)cc1. The van der Waals surface area contributed by atoms with Gasteiger partial charge in [0, 0.05) is 50.2 Å². The number of pyridine rings is 2. The number of para-hydroxylation sites is 4. The van der Waals surface area contributed by atoms with E-state index in [9.17, 15) is 0 Å². The summed E-state index contributed by atoms with van der Waals surface area (Å²) in [5, 5.41) is 4.96. The smallest absolute Gasteiger partial charge is 0.108 e. The van der Waals surface area contributed by atoms with Gasteiger partial charge in [0.1, 0.15) is 11.0 Å². The molecule has 0 amide bonds. The largest absolute Gasteiger partial charge is 0.309 e. The van der Waals surface area contributed by atoms with Crippen molar-refractivity contribution in [3.8, 4) is 33.8 Å². The maximum absolute atomic E-state index is 5.24. The van der Waals surface area contributed by atoms with Gasteiger partial charge in [0.25, 0.3) is 0 Å². The molecule has 5 heterocycles. The van der Waals surface area contributed by atoms with Crippen LogP contribution in [0.25, 0.3) is 97.8 Å². The molecule has 0 aliphatic heterocycles. The summed E-state index contributed by atoms with van der Waals surface area (Å²) in [5.41, 5.74) is 13.3. The zero-order valence-electron chi connectivity index (χ0n) is 27.4. The highest BCUT2D eigenvalue weighted by Crippen LogP contribution is 2.39. The lowest BCUT2D eigenvalue weighted by molar-refractivity contribution is 1.18. The number of benzene rings is 6. The van der Waals surface area contributed by atoms with E-state index in [1.807, 2.05) is 6.20 Å². The Balaban J connectivity index is 1.02. The molecule has 0 saturated heterocycles. The lowest BCUT2D eigenvalue weighted by Crippen LogP contribution is -1.93. The average Bonchev–Trinajstić information content (AvgIpc) is 3.85. The van der Waals surface area contributed by atoms with Crippen molar-refractivity contribution >= 4 is 75.4 Å². The molecule has 51 heavy (non-hydrogen) atoms. The molecule has 5 aromatic heterocycles. The molecule has 0 aliphatic carbocycles. The molecule has 0 fully saturated rings. The van der Waals surface area contributed by atoms with Gasteiger partial charge in [-0.2, -0.15) is 0 Å². The van der Waals surface area contributed by atoms with Crippen LogP contribution in [0, 0.1) is 0 Å². The minimum Gasteiger partial charge on any atom is -0.309 e. The van der Waals surface area contributed by atoms with Crippen LogP contribution in [0.1, 0.15) is 0 Å². The van der Waals surface area contributed by atoms with Gasteiger partial charge in [0.15, 0.2) is 0 Å². The van der Waals surface area contributed by atoms with E-state index in [0.29, 0.717) is 0 Å². The molecule has 4 nitrogen and oxygen atoms in total. The Morgan fingerprint density at radius 1 is 0.392 bits per heavy atom. The van der Waals surface area contributed by atoms with Gasteiger partial charge >= 0.3 is 0 Å². The number of hydrogen-bond donors (Lipinski definition) is 0. The third-order valence-corrected chi connectivity index (χ3v) is 11.2.